The first-order valence-electron chi connectivity index (χ1n) is 6.89. The van der Waals surface area contributed by atoms with E-state index >= 15 is 0 Å². The van der Waals surface area contributed by atoms with Gasteiger partial charge >= 0.3 is 0 Å². The Balaban J connectivity index is 2.22. The Morgan fingerprint density at radius 1 is 1.00 bits per heavy atom. The van der Waals surface area contributed by atoms with E-state index in [4.69, 9.17) is 0 Å². The molecule has 1 heteroatoms. The van der Waals surface area contributed by atoms with Gasteiger partial charge in [0.25, 0.3) is 0 Å². The second kappa shape index (κ2) is 6.52. The average Bonchev–Trinajstić information content (AvgIpc) is 2.70. The molecule has 15 heavy (non-hydrogen) atoms. The Morgan fingerprint density at radius 2 is 1.60 bits per heavy atom. The van der Waals surface area contributed by atoms with Gasteiger partial charge in [0.1, 0.15) is 0 Å². The van der Waals surface area contributed by atoms with Crippen LogP contribution in [-0.2, 0) is 0 Å². The van der Waals surface area contributed by atoms with Gasteiger partial charge in [0, 0.05) is 6.04 Å². The molecule has 1 aliphatic rings. The molecule has 0 radical (unpaired) electrons. The van der Waals surface area contributed by atoms with E-state index < -0.39 is 0 Å². The summed E-state index contributed by atoms with van der Waals surface area (Å²) < 4.78 is 0. The molecule has 0 aromatic carbocycles. The van der Waals surface area contributed by atoms with Crippen molar-refractivity contribution >= 4 is 0 Å². The molecule has 0 N–H and O–H groups in total. The van der Waals surface area contributed by atoms with Crippen LogP contribution in [-0.4, -0.2) is 24.0 Å². The highest BCUT2D eigenvalue weighted by Crippen LogP contribution is 2.23. The van der Waals surface area contributed by atoms with Gasteiger partial charge in [-0.15, -0.1) is 0 Å². The van der Waals surface area contributed by atoms with Crippen LogP contribution in [0.5, 0.6) is 0 Å². The summed E-state index contributed by atoms with van der Waals surface area (Å²) in [7, 11) is 0. The van der Waals surface area contributed by atoms with Gasteiger partial charge in [0.2, 0.25) is 0 Å². The highest BCUT2D eigenvalue weighted by Gasteiger charge is 2.19. The lowest BCUT2D eigenvalue weighted by atomic mass is 9.88. The van der Waals surface area contributed by atoms with E-state index in [-0.39, 0.29) is 0 Å². The minimum Gasteiger partial charge on any atom is -0.301 e. The fraction of sp³-hybridized carbons (Fsp3) is 1.00. The van der Waals surface area contributed by atoms with Crippen LogP contribution in [0.15, 0.2) is 0 Å². The van der Waals surface area contributed by atoms with Crippen LogP contribution in [0.4, 0.5) is 0 Å². The van der Waals surface area contributed by atoms with E-state index in [1.165, 1.54) is 45.2 Å². The molecule has 0 amide bonds. The lowest BCUT2D eigenvalue weighted by Gasteiger charge is -2.26. The molecule has 1 aliphatic heterocycles. The first-order valence-corrected chi connectivity index (χ1v) is 6.89. The van der Waals surface area contributed by atoms with Crippen molar-refractivity contribution in [1.82, 2.24) is 4.90 Å². The summed E-state index contributed by atoms with van der Waals surface area (Å²) in [6.07, 6.45) is 7.02. The molecule has 0 spiro atoms. The maximum atomic E-state index is 2.67. The summed E-state index contributed by atoms with van der Waals surface area (Å²) >= 11 is 0. The van der Waals surface area contributed by atoms with Crippen molar-refractivity contribution in [3.8, 4) is 0 Å². The molecule has 1 saturated heterocycles. The van der Waals surface area contributed by atoms with Crippen LogP contribution >= 0.6 is 0 Å². The van der Waals surface area contributed by atoms with E-state index in [2.05, 4.69) is 32.6 Å². The topological polar surface area (TPSA) is 3.24 Å². The Bertz CT molecular complexity index is 159. The maximum absolute atomic E-state index is 2.67. The highest BCUT2D eigenvalue weighted by atomic mass is 15.2. The van der Waals surface area contributed by atoms with E-state index in [9.17, 15) is 0 Å². The largest absolute Gasteiger partial charge is 0.301 e. The molecule has 2 atom stereocenters. The number of rotatable bonds is 6. The van der Waals surface area contributed by atoms with Crippen molar-refractivity contribution < 1.29 is 0 Å². The highest BCUT2D eigenvalue weighted by molar-refractivity contribution is 4.74. The van der Waals surface area contributed by atoms with Gasteiger partial charge in [0.15, 0.2) is 0 Å². The zero-order chi connectivity index (χ0) is 11.3. The van der Waals surface area contributed by atoms with E-state index in [1.807, 2.05) is 0 Å². The molecule has 1 fully saturated rings. The van der Waals surface area contributed by atoms with Gasteiger partial charge in [-0.25, -0.2) is 0 Å². The first kappa shape index (κ1) is 13.0. The number of hydrogen-bond acceptors (Lipinski definition) is 1. The average molecular weight is 211 g/mol. The fourth-order valence-electron chi connectivity index (χ4n) is 2.83. The summed E-state index contributed by atoms with van der Waals surface area (Å²) in [6.45, 7) is 12.2. The van der Waals surface area contributed by atoms with Crippen molar-refractivity contribution in [2.45, 2.75) is 65.8 Å². The normalized spacial score (nSPS) is 22.2. The molecule has 2 unspecified atom stereocenters. The number of likely N-dealkylation sites (tertiary alicyclic amines) is 1. The zero-order valence-corrected chi connectivity index (χ0v) is 11.1. The van der Waals surface area contributed by atoms with Gasteiger partial charge in [-0.05, 0) is 57.5 Å². The molecular weight excluding hydrogens is 182 g/mol. The Labute approximate surface area is 96.2 Å². The Hall–Kier alpha value is -0.0400. The van der Waals surface area contributed by atoms with Gasteiger partial charge in [-0.2, -0.15) is 0 Å². The monoisotopic (exact) mass is 211 g/mol. The maximum Gasteiger partial charge on any atom is 0.00670 e. The van der Waals surface area contributed by atoms with Crippen molar-refractivity contribution in [3.05, 3.63) is 0 Å². The molecular formula is C14H29N. The van der Waals surface area contributed by atoms with Crippen LogP contribution in [0, 0.1) is 11.8 Å². The molecule has 90 valence electrons. The Kier molecular flexibility index (Phi) is 5.66. The van der Waals surface area contributed by atoms with Crippen molar-refractivity contribution in [2.24, 2.45) is 11.8 Å². The third kappa shape index (κ3) is 4.14. The first-order chi connectivity index (χ1) is 7.15. The lowest BCUT2D eigenvalue weighted by Crippen LogP contribution is -2.30. The van der Waals surface area contributed by atoms with Crippen LogP contribution in [0.3, 0.4) is 0 Å². The molecule has 0 aromatic rings. The molecule has 1 rings (SSSR count). The summed E-state index contributed by atoms with van der Waals surface area (Å²) in [6, 6.07) is 0.820. The van der Waals surface area contributed by atoms with Crippen LogP contribution in [0.1, 0.15) is 59.8 Å². The molecule has 0 bridgehead atoms. The minimum absolute atomic E-state index is 0.820. The van der Waals surface area contributed by atoms with Crippen molar-refractivity contribution in [1.29, 1.82) is 0 Å². The number of nitrogens with zero attached hydrogens (tertiary/aromatic N) is 1. The van der Waals surface area contributed by atoms with Gasteiger partial charge in [0.05, 0.1) is 0 Å². The Morgan fingerprint density at radius 3 is 2.07 bits per heavy atom. The second-order valence-corrected chi connectivity index (χ2v) is 5.58. The predicted molar refractivity (Wildman–Crippen MR) is 68.1 cm³/mol. The SMILES string of the molecule is CCC(CCC(C)N1CCCC1)C(C)C. The molecule has 1 nitrogen and oxygen atoms in total. The lowest BCUT2D eigenvalue weighted by molar-refractivity contribution is 0.221. The second-order valence-electron chi connectivity index (χ2n) is 5.58. The molecule has 0 saturated carbocycles. The van der Waals surface area contributed by atoms with Gasteiger partial charge in [-0.1, -0.05) is 27.2 Å². The smallest absolute Gasteiger partial charge is 0.00670 e. The third-order valence-electron chi connectivity index (χ3n) is 4.19. The third-order valence-corrected chi connectivity index (χ3v) is 4.19. The van der Waals surface area contributed by atoms with Crippen LogP contribution < -0.4 is 0 Å². The minimum atomic E-state index is 0.820. The van der Waals surface area contributed by atoms with E-state index in [0.717, 1.165) is 17.9 Å². The summed E-state index contributed by atoms with van der Waals surface area (Å²) in [5.41, 5.74) is 0. The van der Waals surface area contributed by atoms with E-state index in [1.54, 1.807) is 0 Å². The number of hydrogen-bond donors (Lipinski definition) is 0. The van der Waals surface area contributed by atoms with Crippen LogP contribution in [0.2, 0.25) is 0 Å². The summed E-state index contributed by atoms with van der Waals surface area (Å²) in [5, 5.41) is 0. The fourth-order valence-corrected chi connectivity index (χ4v) is 2.83. The predicted octanol–water partition coefficient (Wildman–Crippen LogP) is 3.93. The molecule has 1 heterocycles. The standard InChI is InChI=1S/C14H29N/c1-5-14(12(2)3)9-8-13(4)15-10-6-7-11-15/h12-14H,5-11H2,1-4H3. The van der Waals surface area contributed by atoms with Crippen LogP contribution in [0.25, 0.3) is 0 Å². The van der Waals surface area contributed by atoms with Gasteiger partial charge < -0.3 is 4.90 Å². The summed E-state index contributed by atoms with van der Waals surface area (Å²) in [4.78, 5) is 2.67. The quantitative estimate of drug-likeness (QED) is 0.643. The van der Waals surface area contributed by atoms with Crippen molar-refractivity contribution in [2.75, 3.05) is 13.1 Å². The zero-order valence-electron chi connectivity index (χ0n) is 11.1. The summed E-state index contributed by atoms with van der Waals surface area (Å²) in [5.74, 6) is 1.80. The van der Waals surface area contributed by atoms with Gasteiger partial charge in [-0.3, -0.25) is 0 Å². The molecule has 0 aliphatic carbocycles. The molecule has 0 aromatic heterocycles. The van der Waals surface area contributed by atoms with E-state index in [0.29, 0.717) is 0 Å². The van der Waals surface area contributed by atoms with Crippen molar-refractivity contribution in [3.63, 3.8) is 0 Å².